The van der Waals surface area contributed by atoms with Crippen LogP contribution < -0.4 is 5.73 Å². The molecule has 17 heavy (non-hydrogen) atoms. The van der Waals surface area contributed by atoms with Gasteiger partial charge in [0.15, 0.2) is 0 Å². The minimum absolute atomic E-state index is 0.118. The number of carbonyl (C=O) groups excluding carboxylic acids is 2. The zero-order valence-electron chi connectivity index (χ0n) is 10.9. The summed E-state index contributed by atoms with van der Waals surface area (Å²) in [4.78, 5) is 22.1. The van der Waals surface area contributed by atoms with Crippen molar-refractivity contribution in [2.45, 2.75) is 38.8 Å². The fraction of sp³-hybridized carbons (Fsp3) is 0.818. The van der Waals surface area contributed by atoms with Crippen LogP contribution >= 0.6 is 0 Å². The third-order valence-corrected chi connectivity index (χ3v) is 1.97. The molecule has 2 N–H and O–H groups in total. The van der Waals surface area contributed by atoms with E-state index in [2.05, 4.69) is 4.74 Å². The van der Waals surface area contributed by atoms with Gasteiger partial charge in [-0.25, -0.2) is 4.79 Å². The van der Waals surface area contributed by atoms with Gasteiger partial charge in [-0.1, -0.05) is 0 Å². The van der Waals surface area contributed by atoms with Gasteiger partial charge in [-0.3, -0.25) is 4.79 Å². The number of rotatable bonds is 1. The van der Waals surface area contributed by atoms with E-state index in [1.54, 1.807) is 4.90 Å². The molecule has 1 aliphatic heterocycles. The largest absolute Gasteiger partial charge is 0.471 e. The van der Waals surface area contributed by atoms with Gasteiger partial charge < -0.3 is 20.1 Å². The van der Waals surface area contributed by atoms with Crippen LogP contribution in [0.4, 0.5) is 4.79 Å². The molecule has 1 aliphatic rings. The molecule has 1 atom stereocenters. The number of ether oxygens (including phenoxy) is 2. The normalized spacial score (nSPS) is 19.1. The first-order valence-electron chi connectivity index (χ1n) is 5.50. The van der Waals surface area contributed by atoms with Gasteiger partial charge in [0.05, 0.1) is 7.11 Å². The van der Waals surface area contributed by atoms with E-state index in [0.717, 1.165) is 13.0 Å². The zero-order chi connectivity index (χ0) is 13.5. The lowest BCUT2D eigenvalue weighted by atomic mass is 10.2. The highest BCUT2D eigenvalue weighted by atomic mass is 16.6. The fourth-order valence-electron chi connectivity index (χ4n) is 1.28. The average Bonchev–Trinajstić information content (AvgIpc) is 2.63. The molecule has 0 aromatic heterocycles. The lowest BCUT2D eigenvalue weighted by Crippen LogP contribution is -2.36. The SMILES string of the molecule is CC(C)(C)OC(=O)N1CC[C@H](N)C1.COC=O. The molecule has 0 spiro atoms. The minimum Gasteiger partial charge on any atom is -0.471 e. The van der Waals surface area contributed by atoms with Gasteiger partial charge >= 0.3 is 6.09 Å². The van der Waals surface area contributed by atoms with E-state index in [0.29, 0.717) is 13.0 Å². The van der Waals surface area contributed by atoms with Crippen LogP contribution in [-0.2, 0) is 14.3 Å². The summed E-state index contributed by atoms with van der Waals surface area (Å²) in [7, 11) is 1.31. The summed E-state index contributed by atoms with van der Waals surface area (Å²) in [6, 6.07) is 0.118. The van der Waals surface area contributed by atoms with Gasteiger partial charge in [0.2, 0.25) is 0 Å². The van der Waals surface area contributed by atoms with Crippen molar-refractivity contribution in [1.82, 2.24) is 4.90 Å². The van der Waals surface area contributed by atoms with Crippen molar-refractivity contribution in [3.63, 3.8) is 0 Å². The van der Waals surface area contributed by atoms with Crippen LogP contribution in [0.1, 0.15) is 27.2 Å². The topological polar surface area (TPSA) is 81.9 Å². The van der Waals surface area contributed by atoms with E-state index >= 15 is 0 Å². The number of likely N-dealkylation sites (tertiary alicyclic amines) is 1. The first-order chi connectivity index (χ1) is 7.80. The molecule has 6 heteroatoms. The number of hydrogen-bond donors (Lipinski definition) is 1. The Morgan fingerprint density at radius 2 is 2.00 bits per heavy atom. The van der Waals surface area contributed by atoms with Crippen LogP contribution in [0.5, 0.6) is 0 Å². The van der Waals surface area contributed by atoms with E-state index in [1.807, 2.05) is 20.8 Å². The second-order valence-electron chi connectivity index (χ2n) is 4.81. The molecule has 1 saturated heterocycles. The fourth-order valence-corrected chi connectivity index (χ4v) is 1.28. The van der Waals surface area contributed by atoms with Crippen LogP contribution in [0.25, 0.3) is 0 Å². The standard InChI is InChI=1S/C9H18N2O2.C2H4O2/c1-9(2,3)13-8(12)11-5-4-7(10)6-11;1-4-2-3/h7H,4-6,10H2,1-3H3;2H,1H3/t7-;/m0./s1. The van der Waals surface area contributed by atoms with E-state index in [9.17, 15) is 4.79 Å². The van der Waals surface area contributed by atoms with Crippen LogP contribution in [0.3, 0.4) is 0 Å². The molecule has 0 bridgehead atoms. The number of hydrogen-bond acceptors (Lipinski definition) is 5. The molecule has 1 heterocycles. The maximum Gasteiger partial charge on any atom is 0.410 e. The molecular formula is C11H22N2O4. The van der Waals surface area contributed by atoms with Crippen LogP contribution in [0, 0.1) is 0 Å². The number of carbonyl (C=O) groups is 2. The minimum atomic E-state index is -0.413. The summed E-state index contributed by atoms with van der Waals surface area (Å²) in [5.74, 6) is 0. The highest BCUT2D eigenvalue weighted by Gasteiger charge is 2.27. The molecular weight excluding hydrogens is 224 g/mol. The van der Waals surface area contributed by atoms with Crippen molar-refractivity contribution in [2.24, 2.45) is 5.73 Å². The van der Waals surface area contributed by atoms with Crippen LogP contribution in [0.2, 0.25) is 0 Å². The Morgan fingerprint density at radius 1 is 1.47 bits per heavy atom. The molecule has 0 radical (unpaired) electrons. The molecule has 100 valence electrons. The van der Waals surface area contributed by atoms with Gasteiger partial charge in [0, 0.05) is 19.1 Å². The second-order valence-corrected chi connectivity index (χ2v) is 4.81. The lowest BCUT2D eigenvalue weighted by molar-refractivity contribution is -0.126. The Hall–Kier alpha value is -1.30. The number of nitrogens with zero attached hydrogens (tertiary/aromatic N) is 1. The summed E-state index contributed by atoms with van der Waals surface area (Å²) >= 11 is 0. The Labute approximate surface area is 102 Å². The van der Waals surface area contributed by atoms with Gasteiger partial charge in [-0.05, 0) is 27.2 Å². The van der Waals surface area contributed by atoms with E-state index < -0.39 is 5.60 Å². The number of amides is 1. The third-order valence-electron chi connectivity index (χ3n) is 1.97. The lowest BCUT2D eigenvalue weighted by Gasteiger charge is -2.24. The van der Waals surface area contributed by atoms with E-state index in [-0.39, 0.29) is 12.1 Å². The number of nitrogens with two attached hydrogens (primary N) is 1. The summed E-state index contributed by atoms with van der Waals surface area (Å²) in [5.41, 5.74) is 5.26. The zero-order valence-corrected chi connectivity index (χ0v) is 10.9. The molecule has 1 amide bonds. The van der Waals surface area contributed by atoms with E-state index in [1.165, 1.54) is 7.11 Å². The summed E-state index contributed by atoms with van der Waals surface area (Å²) in [5, 5.41) is 0. The van der Waals surface area contributed by atoms with Gasteiger partial charge in [0.1, 0.15) is 5.60 Å². The van der Waals surface area contributed by atoms with Gasteiger partial charge in [-0.2, -0.15) is 0 Å². The summed E-state index contributed by atoms with van der Waals surface area (Å²) < 4.78 is 9.06. The maximum atomic E-state index is 11.5. The molecule has 0 aromatic carbocycles. The highest BCUT2D eigenvalue weighted by Crippen LogP contribution is 2.13. The molecule has 6 nitrogen and oxygen atoms in total. The Bertz CT molecular complexity index is 250. The van der Waals surface area contributed by atoms with Crippen molar-refractivity contribution in [3.8, 4) is 0 Å². The van der Waals surface area contributed by atoms with Gasteiger partial charge in [0.25, 0.3) is 6.47 Å². The predicted octanol–water partition coefficient (Wildman–Crippen LogP) is 0.744. The van der Waals surface area contributed by atoms with Crippen LogP contribution in [-0.4, -0.2) is 49.3 Å². The summed E-state index contributed by atoms with van der Waals surface area (Å²) in [6.45, 7) is 7.30. The van der Waals surface area contributed by atoms with Gasteiger partial charge in [-0.15, -0.1) is 0 Å². The van der Waals surface area contributed by atoms with Crippen molar-refractivity contribution < 1.29 is 19.1 Å². The first-order valence-corrected chi connectivity index (χ1v) is 5.50. The average molecular weight is 246 g/mol. The molecule has 0 aliphatic carbocycles. The Kier molecular flexibility index (Phi) is 6.57. The molecule has 0 unspecified atom stereocenters. The Balaban J connectivity index is 0.000000557. The Morgan fingerprint density at radius 3 is 2.29 bits per heavy atom. The predicted molar refractivity (Wildman–Crippen MR) is 63.5 cm³/mol. The smallest absolute Gasteiger partial charge is 0.410 e. The van der Waals surface area contributed by atoms with Crippen molar-refractivity contribution in [3.05, 3.63) is 0 Å². The molecule has 0 saturated carbocycles. The molecule has 0 aromatic rings. The van der Waals surface area contributed by atoms with Crippen molar-refractivity contribution >= 4 is 12.6 Å². The highest BCUT2D eigenvalue weighted by molar-refractivity contribution is 5.68. The maximum absolute atomic E-state index is 11.5. The summed E-state index contributed by atoms with van der Waals surface area (Å²) in [6.07, 6.45) is 0.625. The van der Waals surface area contributed by atoms with Crippen LogP contribution in [0.15, 0.2) is 0 Å². The van der Waals surface area contributed by atoms with Crippen molar-refractivity contribution in [2.75, 3.05) is 20.2 Å². The monoisotopic (exact) mass is 246 g/mol. The number of methoxy groups -OCH3 is 1. The molecule has 1 rings (SSSR count). The molecule has 1 fully saturated rings. The first kappa shape index (κ1) is 15.7. The van der Waals surface area contributed by atoms with E-state index in [4.69, 9.17) is 15.3 Å². The quantitative estimate of drug-likeness (QED) is 0.690. The third kappa shape index (κ3) is 7.57. The second kappa shape index (κ2) is 7.11. The van der Waals surface area contributed by atoms with Crippen molar-refractivity contribution in [1.29, 1.82) is 0 Å².